The maximum absolute atomic E-state index is 10.7. The molecule has 0 rings (SSSR count). The van der Waals surface area contributed by atoms with Crippen LogP contribution in [0.1, 0.15) is 13.8 Å². The van der Waals surface area contributed by atoms with Crippen LogP contribution < -0.4 is 0 Å². The highest BCUT2D eigenvalue weighted by Gasteiger charge is 2.06. The Morgan fingerprint density at radius 1 is 1.45 bits per heavy atom. The molecule has 0 aliphatic carbocycles. The predicted molar refractivity (Wildman–Crippen MR) is 37.4 cm³/mol. The molecule has 0 bridgehead atoms. The minimum absolute atomic E-state index is 0.0714. The van der Waals surface area contributed by atoms with Crippen LogP contribution in [0.15, 0.2) is 0 Å². The van der Waals surface area contributed by atoms with E-state index in [0.717, 1.165) is 0 Å². The van der Waals surface area contributed by atoms with Crippen molar-refractivity contribution in [1.29, 1.82) is 0 Å². The van der Waals surface area contributed by atoms with E-state index in [1.54, 1.807) is 13.8 Å². The van der Waals surface area contributed by atoms with Crippen LogP contribution in [-0.2, 0) is 19.1 Å². The summed E-state index contributed by atoms with van der Waals surface area (Å²) < 4.78 is 8.84. The quantitative estimate of drug-likeness (QED) is 0.426. The van der Waals surface area contributed by atoms with Gasteiger partial charge in [0.2, 0.25) is 0 Å². The van der Waals surface area contributed by atoms with Gasteiger partial charge in [-0.2, -0.15) is 0 Å². The van der Waals surface area contributed by atoms with Gasteiger partial charge in [0.1, 0.15) is 13.2 Å². The first-order valence-electron chi connectivity index (χ1n) is 3.34. The second-order valence-electron chi connectivity index (χ2n) is 2.25. The molecule has 0 saturated heterocycles. The van der Waals surface area contributed by atoms with E-state index in [1.807, 2.05) is 0 Å². The van der Waals surface area contributed by atoms with Gasteiger partial charge in [0.25, 0.3) is 0 Å². The Balaban J connectivity index is 3.24. The van der Waals surface area contributed by atoms with Gasteiger partial charge in [-0.25, -0.2) is 4.79 Å². The van der Waals surface area contributed by atoms with E-state index in [0.29, 0.717) is 0 Å². The van der Waals surface area contributed by atoms with Crippen LogP contribution in [0.3, 0.4) is 0 Å². The van der Waals surface area contributed by atoms with Crippen LogP contribution in [-0.4, -0.2) is 25.7 Å². The van der Waals surface area contributed by atoms with Crippen LogP contribution in [0, 0.1) is 5.92 Å². The largest absolute Gasteiger partial charge is 0.462 e. The summed E-state index contributed by atoms with van der Waals surface area (Å²) in [4.78, 5) is 20.2. The highest BCUT2D eigenvalue weighted by molar-refractivity contribution is 5.71. The average Bonchev–Trinajstić information content (AvgIpc) is 1.97. The summed E-state index contributed by atoms with van der Waals surface area (Å²) in [6.45, 7) is 4.87. The summed E-state index contributed by atoms with van der Waals surface area (Å²) >= 11 is 0. The third-order valence-corrected chi connectivity index (χ3v) is 0.960. The molecule has 4 heteroatoms. The summed E-state index contributed by atoms with van der Waals surface area (Å²) in [5.41, 5.74) is 0. The minimum atomic E-state index is -0.292. The number of hydrogen-bond donors (Lipinski definition) is 0. The predicted octanol–water partition coefficient (Wildman–Crippen LogP) is 0.269. The zero-order chi connectivity index (χ0) is 8.69. The molecule has 0 unspecified atom stereocenters. The lowest BCUT2D eigenvalue weighted by Crippen LogP contribution is -2.14. The van der Waals surface area contributed by atoms with E-state index in [9.17, 15) is 9.59 Å². The molecule has 11 heavy (non-hydrogen) atoms. The summed E-state index contributed by atoms with van der Waals surface area (Å²) in [5, 5.41) is 0. The summed E-state index contributed by atoms with van der Waals surface area (Å²) in [7, 11) is 0. The summed E-state index contributed by atoms with van der Waals surface area (Å²) in [6.07, 6.45) is 0. The van der Waals surface area contributed by atoms with Crippen LogP contribution in [0.4, 0.5) is 0 Å². The lowest BCUT2D eigenvalue weighted by atomic mass is 10.2. The van der Waals surface area contributed by atoms with Gasteiger partial charge in [-0.15, -0.1) is 0 Å². The fourth-order valence-electron chi connectivity index (χ4n) is 0.392. The number of esters is 1. The first kappa shape index (κ1) is 9.94. The van der Waals surface area contributed by atoms with Crippen LogP contribution in [0.25, 0.3) is 0 Å². The third-order valence-electron chi connectivity index (χ3n) is 0.960. The second kappa shape index (κ2) is 5.70. The Kier molecular flexibility index (Phi) is 5.15. The molecule has 0 amide bonds. The molecule has 0 aliphatic rings. The Bertz CT molecular complexity index is 130. The van der Waals surface area contributed by atoms with Crippen molar-refractivity contribution in [2.45, 2.75) is 13.8 Å². The van der Waals surface area contributed by atoms with E-state index in [1.165, 1.54) is 6.47 Å². The van der Waals surface area contributed by atoms with Gasteiger partial charge in [-0.1, -0.05) is 13.8 Å². The minimum Gasteiger partial charge on any atom is -0.462 e. The summed E-state index contributed by atoms with van der Waals surface area (Å²) in [5.74, 6) is -0.435. The van der Waals surface area contributed by atoms with Crippen molar-refractivity contribution in [3.63, 3.8) is 0 Å². The third kappa shape index (κ3) is 5.39. The maximum atomic E-state index is 10.7. The monoisotopic (exact) mass is 159 g/mol. The van der Waals surface area contributed by atoms with E-state index >= 15 is 0 Å². The molecule has 63 valence electrons. The number of rotatable bonds is 5. The lowest BCUT2D eigenvalue weighted by molar-refractivity contribution is -0.148. The van der Waals surface area contributed by atoms with Crippen molar-refractivity contribution in [2.24, 2.45) is 5.92 Å². The van der Waals surface area contributed by atoms with Crippen LogP contribution in [0.5, 0.6) is 0 Å². The molecule has 0 aromatic rings. The molecular formula is C7H11O4. The number of carbonyl (C=O) groups excluding carboxylic acids is 2. The van der Waals surface area contributed by atoms with Gasteiger partial charge in [0, 0.05) is 0 Å². The highest BCUT2D eigenvalue weighted by atomic mass is 16.6. The Hall–Kier alpha value is -1.06. The molecule has 0 aliphatic heterocycles. The Morgan fingerprint density at radius 3 is 2.55 bits per heavy atom. The first-order chi connectivity index (χ1) is 5.18. The van der Waals surface area contributed by atoms with Crippen molar-refractivity contribution >= 4 is 12.4 Å². The SMILES string of the molecule is CC(C)C(=O)OCCO[C]=O. The molecule has 4 nitrogen and oxygen atoms in total. The maximum Gasteiger partial charge on any atom is 0.417 e. The number of hydrogen-bond acceptors (Lipinski definition) is 4. The second-order valence-corrected chi connectivity index (χ2v) is 2.25. The standard InChI is InChI=1S/C7H11O4/c1-6(2)7(9)11-4-3-10-5-8/h6H,3-4H2,1-2H3. The lowest BCUT2D eigenvalue weighted by Gasteiger charge is -2.04. The molecule has 0 aromatic heterocycles. The van der Waals surface area contributed by atoms with Gasteiger partial charge >= 0.3 is 12.4 Å². The summed E-state index contributed by atoms with van der Waals surface area (Å²) in [6, 6.07) is 0. The fourth-order valence-corrected chi connectivity index (χ4v) is 0.392. The molecule has 0 atom stereocenters. The number of ether oxygens (including phenoxy) is 2. The highest BCUT2D eigenvalue weighted by Crippen LogP contribution is 1.94. The zero-order valence-electron chi connectivity index (χ0n) is 6.62. The van der Waals surface area contributed by atoms with Gasteiger partial charge < -0.3 is 9.47 Å². The van der Waals surface area contributed by atoms with Crippen LogP contribution in [0.2, 0.25) is 0 Å². The fraction of sp³-hybridized carbons (Fsp3) is 0.714. The molecule has 1 radical (unpaired) electrons. The van der Waals surface area contributed by atoms with E-state index in [2.05, 4.69) is 9.47 Å². The molecular weight excluding hydrogens is 148 g/mol. The molecule has 0 heterocycles. The van der Waals surface area contributed by atoms with Crippen molar-refractivity contribution in [3.05, 3.63) is 0 Å². The topological polar surface area (TPSA) is 52.6 Å². The van der Waals surface area contributed by atoms with Crippen LogP contribution >= 0.6 is 0 Å². The average molecular weight is 159 g/mol. The van der Waals surface area contributed by atoms with Crippen molar-refractivity contribution in [3.8, 4) is 0 Å². The van der Waals surface area contributed by atoms with E-state index < -0.39 is 0 Å². The van der Waals surface area contributed by atoms with Gasteiger partial charge in [0.05, 0.1) is 5.92 Å². The zero-order valence-corrected chi connectivity index (χ0v) is 6.62. The van der Waals surface area contributed by atoms with Crippen molar-refractivity contribution in [2.75, 3.05) is 13.2 Å². The first-order valence-corrected chi connectivity index (χ1v) is 3.34. The molecule has 0 fully saturated rings. The van der Waals surface area contributed by atoms with E-state index in [-0.39, 0.29) is 25.1 Å². The molecule has 0 N–H and O–H groups in total. The van der Waals surface area contributed by atoms with Crippen molar-refractivity contribution < 1.29 is 19.1 Å². The smallest absolute Gasteiger partial charge is 0.417 e. The Morgan fingerprint density at radius 2 is 2.09 bits per heavy atom. The van der Waals surface area contributed by atoms with Gasteiger partial charge in [0.15, 0.2) is 0 Å². The normalized spacial score (nSPS) is 9.36. The van der Waals surface area contributed by atoms with Crippen molar-refractivity contribution in [1.82, 2.24) is 0 Å². The van der Waals surface area contributed by atoms with Gasteiger partial charge in [-0.05, 0) is 0 Å². The van der Waals surface area contributed by atoms with E-state index in [4.69, 9.17) is 0 Å². The molecule has 0 spiro atoms. The Labute approximate surface area is 65.5 Å². The van der Waals surface area contributed by atoms with Gasteiger partial charge in [-0.3, -0.25) is 4.79 Å². The number of carbonyl (C=O) groups is 1. The molecule has 0 saturated carbocycles. The molecule has 0 aromatic carbocycles.